The van der Waals surface area contributed by atoms with Gasteiger partial charge in [-0.1, -0.05) is 31.1 Å². The number of ketones is 1. The second-order valence-corrected chi connectivity index (χ2v) is 8.93. The van der Waals surface area contributed by atoms with Crippen molar-refractivity contribution in [1.29, 1.82) is 5.26 Å². The second kappa shape index (κ2) is 5.30. The highest BCUT2D eigenvalue weighted by atomic mass is 16.3. The summed E-state index contributed by atoms with van der Waals surface area (Å²) in [5.41, 5.74) is 2.36. The molecule has 0 aromatic carbocycles. The SMILES string of the molecule is C[C@]12CC[C@@H](O)CC1=CC[C@@H]1[C@@H]2C(=O)C[C@]2(C)/C(=C\C#N)CC[C@@H]12. The smallest absolute Gasteiger partial charge is 0.138 e. The standard InChI is InChI=1S/C21H27NO2/c1-20-9-7-15(23)11-14(20)3-5-16-17-6-4-13(8-10-22)21(17,2)12-18(24)19(16)20/h3,8,15-17,19,23H,4-7,9,11-12H2,1-2H3/b13-8-/t15-,16+,17+,19-,20+,21-/m1/s1. The van der Waals surface area contributed by atoms with Crippen molar-refractivity contribution in [2.24, 2.45) is 28.6 Å². The Labute approximate surface area is 144 Å². The molecular weight excluding hydrogens is 298 g/mol. The van der Waals surface area contributed by atoms with Crippen molar-refractivity contribution < 1.29 is 9.90 Å². The summed E-state index contributed by atoms with van der Waals surface area (Å²) in [5, 5.41) is 19.2. The molecule has 1 N–H and O–H groups in total. The topological polar surface area (TPSA) is 61.1 Å². The predicted octanol–water partition coefficient (Wildman–Crippen LogP) is 3.94. The number of fused-ring (bicyclic) bond motifs is 5. The van der Waals surface area contributed by atoms with E-state index in [4.69, 9.17) is 5.26 Å². The maximum Gasteiger partial charge on any atom is 0.138 e. The molecule has 4 aliphatic rings. The van der Waals surface area contributed by atoms with Gasteiger partial charge in [-0.05, 0) is 61.2 Å². The van der Waals surface area contributed by atoms with E-state index < -0.39 is 0 Å². The van der Waals surface area contributed by atoms with Gasteiger partial charge in [0.15, 0.2) is 0 Å². The van der Waals surface area contributed by atoms with Gasteiger partial charge in [-0.15, -0.1) is 0 Å². The lowest BCUT2D eigenvalue weighted by Gasteiger charge is -2.56. The first kappa shape index (κ1) is 16.1. The van der Waals surface area contributed by atoms with Crippen molar-refractivity contribution in [3.63, 3.8) is 0 Å². The van der Waals surface area contributed by atoms with Crippen molar-refractivity contribution in [2.45, 2.75) is 64.9 Å². The van der Waals surface area contributed by atoms with Crippen molar-refractivity contribution >= 4 is 5.78 Å². The number of rotatable bonds is 0. The molecule has 3 nitrogen and oxygen atoms in total. The lowest BCUT2D eigenvalue weighted by molar-refractivity contribution is -0.141. The van der Waals surface area contributed by atoms with E-state index in [-0.39, 0.29) is 22.9 Å². The molecule has 0 bridgehead atoms. The molecule has 3 fully saturated rings. The fourth-order valence-corrected chi connectivity index (χ4v) is 6.64. The van der Waals surface area contributed by atoms with Gasteiger partial charge < -0.3 is 5.11 Å². The summed E-state index contributed by atoms with van der Waals surface area (Å²) >= 11 is 0. The molecule has 4 rings (SSSR count). The molecule has 0 spiro atoms. The summed E-state index contributed by atoms with van der Waals surface area (Å²) in [5.74, 6) is 1.43. The van der Waals surface area contributed by atoms with E-state index in [0.717, 1.165) is 38.5 Å². The maximum atomic E-state index is 13.3. The van der Waals surface area contributed by atoms with Crippen LogP contribution in [0.2, 0.25) is 0 Å². The molecule has 0 aromatic heterocycles. The predicted molar refractivity (Wildman–Crippen MR) is 91.8 cm³/mol. The monoisotopic (exact) mass is 325 g/mol. The highest BCUT2D eigenvalue weighted by Crippen LogP contribution is 2.64. The summed E-state index contributed by atoms with van der Waals surface area (Å²) in [6.07, 6.45) is 9.94. The minimum Gasteiger partial charge on any atom is -0.393 e. The number of Topliss-reactive ketones (excluding diaryl/α,β-unsaturated/α-hetero) is 1. The molecule has 3 heteroatoms. The average molecular weight is 325 g/mol. The molecule has 0 amide bonds. The largest absolute Gasteiger partial charge is 0.393 e. The van der Waals surface area contributed by atoms with Crippen molar-refractivity contribution in [1.82, 2.24) is 0 Å². The molecular formula is C21H27NO2. The van der Waals surface area contributed by atoms with Crippen LogP contribution in [0.1, 0.15) is 58.8 Å². The summed E-state index contributed by atoms with van der Waals surface area (Å²) in [7, 11) is 0. The van der Waals surface area contributed by atoms with Crippen LogP contribution >= 0.6 is 0 Å². The number of carbonyl (C=O) groups is 1. The Morgan fingerprint density at radius 1 is 1.33 bits per heavy atom. The molecule has 4 aliphatic carbocycles. The molecule has 0 aliphatic heterocycles. The molecule has 128 valence electrons. The van der Waals surface area contributed by atoms with Gasteiger partial charge >= 0.3 is 0 Å². The molecule has 0 unspecified atom stereocenters. The third kappa shape index (κ3) is 2.02. The normalized spacial score (nSPS) is 49.0. The van der Waals surface area contributed by atoms with Crippen molar-refractivity contribution in [3.8, 4) is 6.07 Å². The number of hydrogen-bond acceptors (Lipinski definition) is 3. The van der Waals surface area contributed by atoms with Gasteiger partial charge in [0.05, 0.1) is 12.2 Å². The first-order valence-corrected chi connectivity index (χ1v) is 9.39. The lowest BCUT2D eigenvalue weighted by Crippen LogP contribution is -2.53. The molecule has 24 heavy (non-hydrogen) atoms. The van der Waals surface area contributed by atoms with E-state index in [0.29, 0.717) is 24.0 Å². The Balaban J connectivity index is 1.75. The zero-order valence-corrected chi connectivity index (χ0v) is 14.7. The molecule has 0 radical (unpaired) electrons. The van der Waals surface area contributed by atoms with Gasteiger partial charge in [0, 0.05) is 18.4 Å². The molecule has 0 aromatic rings. The Kier molecular flexibility index (Phi) is 3.55. The highest BCUT2D eigenvalue weighted by Gasteiger charge is 2.60. The van der Waals surface area contributed by atoms with Crippen LogP contribution < -0.4 is 0 Å². The molecule has 0 heterocycles. The van der Waals surface area contributed by atoms with E-state index in [1.54, 1.807) is 6.08 Å². The van der Waals surface area contributed by atoms with E-state index in [9.17, 15) is 9.90 Å². The maximum absolute atomic E-state index is 13.3. The number of nitrogens with zero attached hydrogens (tertiary/aromatic N) is 1. The molecule has 6 atom stereocenters. The summed E-state index contributed by atoms with van der Waals surface area (Å²) in [6.45, 7) is 4.48. The van der Waals surface area contributed by atoms with Crippen LogP contribution in [-0.4, -0.2) is 17.0 Å². The number of nitriles is 1. The quantitative estimate of drug-likeness (QED) is 0.542. The number of carbonyl (C=O) groups excluding carboxylic acids is 1. The van der Waals surface area contributed by atoms with Crippen LogP contribution in [0.5, 0.6) is 0 Å². The number of hydrogen-bond donors (Lipinski definition) is 1. The number of aliphatic hydroxyl groups excluding tert-OH is 1. The Morgan fingerprint density at radius 2 is 2.12 bits per heavy atom. The highest BCUT2D eigenvalue weighted by molar-refractivity contribution is 5.85. The average Bonchev–Trinajstić information content (AvgIpc) is 2.84. The fraction of sp³-hybridized carbons (Fsp3) is 0.714. The van der Waals surface area contributed by atoms with Crippen LogP contribution in [0.4, 0.5) is 0 Å². The van der Waals surface area contributed by atoms with Crippen molar-refractivity contribution in [3.05, 3.63) is 23.3 Å². The minimum absolute atomic E-state index is 0.0533. The third-order valence-electron chi connectivity index (χ3n) is 7.86. The zero-order valence-electron chi connectivity index (χ0n) is 14.7. The van der Waals surface area contributed by atoms with Gasteiger partial charge in [-0.2, -0.15) is 5.26 Å². The van der Waals surface area contributed by atoms with Gasteiger partial charge in [0.25, 0.3) is 0 Å². The van der Waals surface area contributed by atoms with Crippen LogP contribution in [-0.2, 0) is 4.79 Å². The molecule has 0 saturated heterocycles. The van der Waals surface area contributed by atoms with E-state index in [1.807, 2.05) is 0 Å². The Bertz CT molecular complexity index is 684. The van der Waals surface area contributed by atoms with Gasteiger partial charge in [0.1, 0.15) is 5.78 Å². The van der Waals surface area contributed by atoms with E-state index in [2.05, 4.69) is 26.0 Å². The Hall–Kier alpha value is -1.40. The van der Waals surface area contributed by atoms with Crippen LogP contribution in [0, 0.1) is 39.9 Å². The summed E-state index contributed by atoms with van der Waals surface area (Å²) < 4.78 is 0. The van der Waals surface area contributed by atoms with Crippen molar-refractivity contribution in [2.75, 3.05) is 0 Å². The summed E-state index contributed by atoms with van der Waals surface area (Å²) in [6, 6.07) is 2.20. The summed E-state index contributed by atoms with van der Waals surface area (Å²) in [4.78, 5) is 13.3. The zero-order chi connectivity index (χ0) is 17.1. The van der Waals surface area contributed by atoms with Crippen LogP contribution in [0.15, 0.2) is 23.3 Å². The van der Waals surface area contributed by atoms with Gasteiger partial charge in [-0.3, -0.25) is 4.79 Å². The first-order valence-electron chi connectivity index (χ1n) is 9.39. The van der Waals surface area contributed by atoms with E-state index >= 15 is 0 Å². The van der Waals surface area contributed by atoms with Crippen LogP contribution in [0.25, 0.3) is 0 Å². The second-order valence-electron chi connectivity index (χ2n) is 8.93. The number of aliphatic hydroxyl groups is 1. The van der Waals surface area contributed by atoms with E-state index in [1.165, 1.54) is 11.1 Å². The van der Waals surface area contributed by atoms with Crippen LogP contribution in [0.3, 0.4) is 0 Å². The minimum atomic E-state index is -0.235. The molecule has 3 saturated carbocycles. The lowest BCUT2D eigenvalue weighted by atomic mass is 9.47. The first-order chi connectivity index (χ1) is 11.4. The Morgan fingerprint density at radius 3 is 2.88 bits per heavy atom. The third-order valence-corrected chi connectivity index (χ3v) is 7.86. The number of allylic oxidation sites excluding steroid dienone is 3. The van der Waals surface area contributed by atoms with Gasteiger partial charge in [-0.25, -0.2) is 0 Å². The fourth-order valence-electron chi connectivity index (χ4n) is 6.64. The van der Waals surface area contributed by atoms with Gasteiger partial charge in [0.2, 0.25) is 0 Å².